The third-order valence-electron chi connectivity index (χ3n) is 14.4. The third-order valence-corrected chi connectivity index (χ3v) is 15.6. The van der Waals surface area contributed by atoms with Crippen LogP contribution in [0.3, 0.4) is 0 Å². The Bertz CT molecular complexity index is 4340. The Hall–Kier alpha value is -9.02. The second-order valence-electron chi connectivity index (χ2n) is 18.4. The molecular weight excluding hydrogens is 877 g/mol. The molecule has 2 aromatic heterocycles. The standard InChI is InChI=1S/C68H44N2S/c1-2-17-48(18-3-1)58-40-41-64(67-60-28-9-11-33-65(60)71-68(58)67)69(54-38-36-46(37-39-54)50-22-12-23-51(42-50)52-35-34-45-16-4-5-20-49(45)43-52)55-25-13-24-53(44-55)57-29-15-32-63-66(57)59-27-8-10-30-62(59)70(63)61-31-14-21-47-19-6-7-26-56(47)61/h1-44H. The first-order valence-electron chi connectivity index (χ1n) is 24.3. The Morgan fingerprint density at radius 3 is 1.80 bits per heavy atom. The van der Waals surface area contributed by atoms with Gasteiger partial charge >= 0.3 is 0 Å². The molecule has 0 spiro atoms. The van der Waals surface area contributed by atoms with Crippen LogP contribution in [0, 0.1) is 0 Å². The van der Waals surface area contributed by atoms with Crippen molar-refractivity contribution in [2.45, 2.75) is 0 Å². The summed E-state index contributed by atoms with van der Waals surface area (Å²) in [6, 6.07) is 98.0. The lowest BCUT2D eigenvalue weighted by Crippen LogP contribution is -2.10. The Balaban J connectivity index is 0.952. The summed E-state index contributed by atoms with van der Waals surface area (Å²) in [5.74, 6) is 0. The summed E-state index contributed by atoms with van der Waals surface area (Å²) in [5.41, 5.74) is 16.5. The minimum Gasteiger partial charge on any atom is -0.310 e. The van der Waals surface area contributed by atoms with Crippen LogP contribution in [-0.4, -0.2) is 4.57 Å². The molecule has 3 heteroatoms. The van der Waals surface area contributed by atoms with Crippen molar-refractivity contribution in [3.05, 3.63) is 267 Å². The number of anilines is 3. The van der Waals surface area contributed by atoms with Crippen molar-refractivity contribution in [2.24, 2.45) is 0 Å². The van der Waals surface area contributed by atoms with E-state index >= 15 is 0 Å². The molecule has 0 saturated carbocycles. The summed E-state index contributed by atoms with van der Waals surface area (Å²) in [6.07, 6.45) is 0. The summed E-state index contributed by atoms with van der Waals surface area (Å²) in [6.45, 7) is 0. The van der Waals surface area contributed by atoms with Crippen molar-refractivity contribution in [3.63, 3.8) is 0 Å². The molecule has 332 valence electrons. The highest BCUT2D eigenvalue weighted by molar-refractivity contribution is 7.26. The van der Waals surface area contributed by atoms with Crippen LogP contribution in [0.25, 0.3) is 114 Å². The number of thiophene rings is 1. The largest absolute Gasteiger partial charge is 0.310 e. The molecule has 0 N–H and O–H groups in total. The van der Waals surface area contributed by atoms with Gasteiger partial charge in [-0.05, 0) is 127 Å². The average molecular weight is 921 g/mol. The number of aromatic nitrogens is 1. The first-order valence-corrected chi connectivity index (χ1v) is 25.1. The van der Waals surface area contributed by atoms with Crippen molar-refractivity contribution in [2.75, 3.05) is 4.90 Å². The number of hydrogen-bond acceptors (Lipinski definition) is 2. The van der Waals surface area contributed by atoms with Crippen molar-refractivity contribution >= 4 is 91.9 Å². The van der Waals surface area contributed by atoms with Gasteiger partial charge in [-0.25, -0.2) is 0 Å². The van der Waals surface area contributed by atoms with Gasteiger partial charge in [0.25, 0.3) is 0 Å². The smallest absolute Gasteiger partial charge is 0.0555 e. The van der Waals surface area contributed by atoms with E-state index in [0.29, 0.717) is 0 Å². The molecule has 0 aliphatic heterocycles. The maximum atomic E-state index is 2.48. The zero-order chi connectivity index (χ0) is 46.8. The number of para-hydroxylation sites is 1. The molecule has 2 heterocycles. The van der Waals surface area contributed by atoms with E-state index in [1.807, 2.05) is 11.3 Å². The zero-order valence-corrected chi connectivity index (χ0v) is 39.5. The van der Waals surface area contributed by atoms with E-state index in [4.69, 9.17) is 0 Å². The summed E-state index contributed by atoms with van der Waals surface area (Å²) in [7, 11) is 0. The molecule has 0 atom stereocenters. The Kier molecular flexibility index (Phi) is 9.75. The first kappa shape index (κ1) is 41.0. The molecule has 12 aromatic carbocycles. The van der Waals surface area contributed by atoms with Crippen LogP contribution in [0.2, 0.25) is 0 Å². The quantitative estimate of drug-likeness (QED) is 0.147. The van der Waals surface area contributed by atoms with Crippen molar-refractivity contribution in [3.8, 4) is 50.2 Å². The van der Waals surface area contributed by atoms with E-state index in [1.165, 1.54) is 108 Å². The summed E-state index contributed by atoms with van der Waals surface area (Å²) >= 11 is 1.88. The molecule has 0 radical (unpaired) electrons. The summed E-state index contributed by atoms with van der Waals surface area (Å²) in [4.78, 5) is 2.48. The van der Waals surface area contributed by atoms with E-state index in [0.717, 1.165) is 22.6 Å². The molecule has 0 aliphatic carbocycles. The minimum absolute atomic E-state index is 1.09. The SMILES string of the molecule is c1ccc(-c2ccc(N(c3ccc(-c4cccc(-c5ccc6ccccc6c5)c4)cc3)c3cccc(-c4cccc5c4c4ccccc4n5-c4cccc5ccccc45)c3)c3c2sc2ccccc23)cc1. The minimum atomic E-state index is 1.09. The van der Waals surface area contributed by atoms with Gasteiger partial charge in [0.05, 0.1) is 22.4 Å². The fraction of sp³-hybridized carbons (Fsp3) is 0. The second kappa shape index (κ2) is 16.9. The molecule has 0 bridgehead atoms. The van der Waals surface area contributed by atoms with Gasteiger partial charge in [0, 0.05) is 47.7 Å². The van der Waals surface area contributed by atoms with Crippen LogP contribution >= 0.6 is 11.3 Å². The fourth-order valence-corrected chi connectivity index (χ4v) is 12.3. The number of fused-ring (bicyclic) bond motifs is 8. The average Bonchev–Trinajstić information content (AvgIpc) is 4.00. The second-order valence-corrected chi connectivity index (χ2v) is 19.5. The van der Waals surface area contributed by atoms with E-state index in [1.54, 1.807) is 0 Å². The van der Waals surface area contributed by atoms with Gasteiger partial charge < -0.3 is 9.47 Å². The van der Waals surface area contributed by atoms with Crippen LogP contribution < -0.4 is 4.90 Å². The van der Waals surface area contributed by atoms with Crippen LogP contribution in [0.4, 0.5) is 17.1 Å². The van der Waals surface area contributed by atoms with Gasteiger partial charge in [0.1, 0.15) is 0 Å². The molecule has 14 rings (SSSR count). The van der Waals surface area contributed by atoms with Crippen LogP contribution in [0.5, 0.6) is 0 Å². The van der Waals surface area contributed by atoms with Gasteiger partial charge in [-0.1, -0.05) is 200 Å². The van der Waals surface area contributed by atoms with Crippen LogP contribution in [0.15, 0.2) is 267 Å². The summed E-state index contributed by atoms with van der Waals surface area (Å²) in [5, 5.41) is 9.95. The van der Waals surface area contributed by atoms with Crippen molar-refractivity contribution in [1.82, 2.24) is 4.57 Å². The fourth-order valence-electron chi connectivity index (χ4n) is 11.1. The molecule has 0 fully saturated rings. The Morgan fingerprint density at radius 2 is 0.930 bits per heavy atom. The monoisotopic (exact) mass is 920 g/mol. The van der Waals surface area contributed by atoms with E-state index in [-0.39, 0.29) is 0 Å². The normalized spacial score (nSPS) is 11.7. The molecule has 0 amide bonds. The number of nitrogens with zero attached hydrogens (tertiary/aromatic N) is 2. The molecule has 0 saturated heterocycles. The van der Waals surface area contributed by atoms with Gasteiger partial charge in [-0.3, -0.25) is 0 Å². The topological polar surface area (TPSA) is 8.17 Å². The maximum Gasteiger partial charge on any atom is 0.0555 e. The number of hydrogen-bond donors (Lipinski definition) is 0. The highest BCUT2D eigenvalue weighted by Gasteiger charge is 2.23. The number of benzene rings is 12. The highest BCUT2D eigenvalue weighted by atomic mass is 32.1. The maximum absolute atomic E-state index is 2.48. The van der Waals surface area contributed by atoms with E-state index in [2.05, 4.69) is 276 Å². The molecular formula is C68H44N2S. The molecule has 0 aliphatic rings. The Morgan fingerprint density at radius 1 is 0.310 bits per heavy atom. The molecule has 2 nitrogen and oxygen atoms in total. The predicted octanol–water partition coefficient (Wildman–Crippen LogP) is 19.6. The highest BCUT2D eigenvalue weighted by Crippen LogP contribution is 2.49. The van der Waals surface area contributed by atoms with E-state index in [9.17, 15) is 0 Å². The van der Waals surface area contributed by atoms with Gasteiger partial charge in [0.15, 0.2) is 0 Å². The van der Waals surface area contributed by atoms with Crippen LogP contribution in [-0.2, 0) is 0 Å². The Labute approximate surface area is 416 Å². The van der Waals surface area contributed by atoms with Gasteiger partial charge in [-0.15, -0.1) is 11.3 Å². The predicted molar refractivity (Wildman–Crippen MR) is 305 cm³/mol. The van der Waals surface area contributed by atoms with Gasteiger partial charge in [0.2, 0.25) is 0 Å². The molecule has 14 aromatic rings. The van der Waals surface area contributed by atoms with Gasteiger partial charge in [-0.2, -0.15) is 0 Å². The lowest BCUT2D eigenvalue weighted by Gasteiger charge is -2.28. The van der Waals surface area contributed by atoms with E-state index < -0.39 is 0 Å². The lowest BCUT2D eigenvalue weighted by molar-refractivity contribution is 1.20. The van der Waals surface area contributed by atoms with Crippen molar-refractivity contribution < 1.29 is 0 Å². The van der Waals surface area contributed by atoms with Crippen LogP contribution in [0.1, 0.15) is 0 Å². The summed E-state index contributed by atoms with van der Waals surface area (Å²) < 4.78 is 5.01. The first-order chi connectivity index (χ1) is 35.2. The molecule has 71 heavy (non-hydrogen) atoms. The molecule has 0 unspecified atom stereocenters. The lowest BCUT2D eigenvalue weighted by atomic mass is 9.96. The number of rotatable bonds is 8. The van der Waals surface area contributed by atoms with Crippen molar-refractivity contribution in [1.29, 1.82) is 0 Å². The zero-order valence-electron chi connectivity index (χ0n) is 38.7. The third kappa shape index (κ3) is 6.93.